The van der Waals surface area contributed by atoms with E-state index in [0.29, 0.717) is 32.5 Å². The van der Waals surface area contributed by atoms with E-state index in [2.05, 4.69) is 9.97 Å². The van der Waals surface area contributed by atoms with Crippen molar-refractivity contribution in [3.63, 3.8) is 0 Å². The van der Waals surface area contributed by atoms with Crippen molar-refractivity contribution in [2.75, 3.05) is 0 Å². The molecule has 0 fully saturated rings. The summed E-state index contributed by atoms with van der Waals surface area (Å²) < 4.78 is 46.2. The number of aliphatic hydroxyl groups is 1. The molecule has 0 aliphatic heterocycles. The zero-order chi connectivity index (χ0) is 22.2. The third-order valence-corrected chi connectivity index (χ3v) is 5.40. The van der Waals surface area contributed by atoms with Crippen LogP contribution in [0.3, 0.4) is 0 Å². The Balaban J connectivity index is 1.77. The van der Waals surface area contributed by atoms with Gasteiger partial charge >= 0.3 is 0 Å². The smallest absolute Gasteiger partial charge is 0.228 e. The summed E-state index contributed by atoms with van der Waals surface area (Å²) in [6.45, 7) is 3.25. The van der Waals surface area contributed by atoms with E-state index in [1.54, 1.807) is 32.2 Å². The molecule has 4 aromatic rings. The average Bonchev–Trinajstić information content (AvgIpc) is 3.14. The lowest BCUT2D eigenvalue weighted by Gasteiger charge is -2.16. The second-order valence-corrected chi connectivity index (χ2v) is 8.38. The zero-order valence-corrected chi connectivity index (χ0v) is 17.4. The predicted molar refractivity (Wildman–Crippen MR) is 111 cm³/mol. The van der Waals surface area contributed by atoms with E-state index in [4.69, 9.17) is 4.42 Å². The first kappa shape index (κ1) is 21.1. The van der Waals surface area contributed by atoms with Crippen LogP contribution in [0.15, 0.2) is 75.2 Å². The molecule has 0 radical (unpaired) electrons. The Morgan fingerprint density at radius 3 is 2.23 bits per heavy atom. The molecule has 2 heterocycles. The minimum Gasteiger partial charge on any atom is -0.429 e. The van der Waals surface area contributed by atoms with Crippen LogP contribution in [0, 0.1) is 17.5 Å². The molecule has 4 rings (SSSR count). The summed E-state index contributed by atoms with van der Waals surface area (Å²) in [6.07, 6.45) is 1.55. The fraction of sp³-hybridized carbons (Fsp3) is 0.130. The lowest BCUT2D eigenvalue weighted by Crippen LogP contribution is -2.17. The number of aromatic nitrogens is 2. The van der Waals surface area contributed by atoms with E-state index < -0.39 is 23.1 Å². The largest absolute Gasteiger partial charge is 0.429 e. The predicted octanol–water partition coefficient (Wildman–Crippen LogP) is 6.20. The molecule has 2 aromatic carbocycles. The van der Waals surface area contributed by atoms with Crippen molar-refractivity contribution in [1.29, 1.82) is 0 Å². The van der Waals surface area contributed by atoms with E-state index in [1.165, 1.54) is 30.3 Å². The van der Waals surface area contributed by atoms with Crippen molar-refractivity contribution in [2.45, 2.75) is 29.4 Å². The fourth-order valence-corrected chi connectivity index (χ4v) is 3.71. The standard InChI is InChI=1S/C23H17F3N2O2S/c1-23(2,29)19-10-5-14(12-27-19)20-22(31-16-8-9-17(25)18(26)11-16)30-21(28-20)13-3-6-15(24)7-4-13/h3-12,29H,1-2H3. The lowest BCUT2D eigenvalue weighted by molar-refractivity contribution is 0.0739. The Morgan fingerprint density at radius 1 is 0.903 bits per heavy atom. The number of halogens is 3. The first-order valence-corrected chi connectivity index (χ1v) is 10.1. The van der Waals surface area contributed by atoms with Crippen LogP contribution in [-0.2, 0) is 5.60 Å². The molecule has 0 amide bonds. The highest BCUT2D eigenvalue weighted by atomic mass is 32.2. The molecule has 0 saturated carbocycles. The molecule has 8 heteroatoms. The van der Waals surface area contributed by atoms with Crippen molar-refractivity contribution in [1.82, 2.24) is 9.97 Å². The average molecular weight is 442 g/mol. The molecule has 1 N–H and O–H groups in total. The molecule has 0 atom stereocenters. The third kappa shape index (κ3) is 4.65. The third-order valence-electron chi connectivity index (χ3n) is 4.45. The SMILES string of the molecule is CC(C)(O)c1ccc(-c2nc(-c3ccc(F)cc3)oc2Sc2ccc(F)c(F)c2)cn1. The zero-order valence-electron chi connectivity index (χ0n) is 16.6. The van der Waals surface area contributed by atoms with Crippen LogP contribution in [0.4, 0.5) is 13.2 Å². The summed E-state index contributed by atoms with van der Waals surface area (Å²) in [5.74, 6) is -2.06. The number of rotatable bonds is 5. The van der Waals surface area contributed by atoms with Crippen LogP contribution >= 0.6 is 11.8 Å². The van der Waals surface area contributed by atoms with Crippen molar-refractivity contribution in [2.24, 2.45) is 0 Å². The van der Waals surface area contributed by atoms with Crippen molar-refractivity contribution < 1.29 is 22.7 Å². The maximum absolute atomic E-state index is 13.7. The van der Waals surface area contributed by atoms with Crippen molar-refractivity contribution >= 4 is 11.8 Å². The molecule has 0 aliphatic carbocycles. The van der Waals surface area contributed by atoms with Gasteiger partial charge in [0.1, 0.15) is 17.1 Å². The number of oxazole rings is 1. The monoisotopic (exact) mass is 442 g/mol. The molecule has 0 aliphatic rings. The first-order valence-electron chi connectivity index (χ1n) is 9.29. The van der Waals surface area contributed by atoms with Crippen LogP contribution in [-0.4, -0.2) is 15.1 Å². The maximum atomic E-state index is 13.7. The van der Waals surface area contributed by atoms with Gasteiger partial charge in [-0.3, -0.25) is 4.98 Å². The minimum atomic E-state index is -1.11. The topological polar surface area (TPSA) is 59.2 Å². The van der Waals surface area contributed by atoms with Crippen LogP contribution in [0.25, 0.3) is 22.7 Å². The van der Waals surface area contributed by atoms with Crippen LogP contribution in [0.1, 0.15) is 19.5 Å². The second kappa shape index (κ2) is 8.20. The Bertz CT molecular complexity index is 1220. The molecule has 0 saturated heterocycles. The highest BCUT2D eigenvalue weighted by Gasteiger charge is 2.21. The van der Waals surface area contributed by atoms with E-state index in [0.717, 1.165) is 23.9 Å². The van der Waals surface area contributed by atoms with Gasteiger partial charge in [-0.25, -0.2) is 18.2 Å². The normalized spacial score (nSPS) is 11.7. The first-order chi connectivity index (χ1) is 14.7. The van der Waals surface area contributed by atoms with E-state index in [1.807, 2.05) is 0 Å². The summed E-state index contributed by atoms with van der Waals surface area (Å²) in [5, 5.41) is 10.5. The number of hydrogen-bond acceptors (Lipinski definition) is 5. The molecule has 4 nitrogen and oxygen atoms in total. The van der Waals surface area contributed by atoms with Gasteiger partial charge in [-0.05, 0) is 80.2 Å². The maximum Gasteiger partial charge on any atom is 0.228 e. The Hall–Kier alpha value is -3.10. The van der Waals surface area contributed by atoms with E-state index >= 15 is 0 Å². The highest BCUT2D eigenvalue weighted by Crippen LogP contribution is 2.39. The lowest BCUT2D eigenvalue weighted by atomic mass is 10.0. The molecule has 158 valence electrons. The Kier molecular flexibility index (Phi) is 5.60. The highest BCUT2D eigenvalue weighted by molar-refractivity contribution is 7.99. The molecular weight excluding hydrogens is 425 g/mol. The van der Waals surface area contributed by atoms with Gasteiger partial charge in [-0.15, -0.1) is 0 Å². The molecule has 2 aromatic heterocycles. The Labute approximate surface area is 180 Å². The number of pyridine rings is 1. The van der Waals surface area contributed by atoms with Gasteiger partial charge in [0.15, 0.2) is 16.7 Å². The van der Waals surface area contributed by atoms with Gasteiger partial charge in [-0.2, -0.15) is 0 Å². The number of benzene rings is 2. The van der Waals surface area contributed by atoms with Crippen molar-refractivity contribution in [3.8, 4) is 22.7 Å². The summed E-state index contributed by atoms with van der Waals surface area (Å²) in [7, 11) is 0. The van der Waals surface area contributed by atoms with E-state index in [9.17, 15) is 18.3 Å². The number of nitrogens with zero attached hydrogens (tertiary/aromatic N) is 2. The van der Waals surface area contributed by atoms with Gasteiger partial charge in [0.2, 0.25) is 5.89 Å². The van der Waals surface area contributed by atoms with Gasteiger partial charge in [0.05, 0.1) is 5.69 Å². The molecular formula is C23H17F3N2O2S. The second-order valence-electron chi connectivity index (χ2n) is 7.33. The van der Waals surface area contributed by atoms with Gasteiger partial charge in [-0.1, -0.05) is 0 Å². The van der Waals surface area contributed by atoms with Crippen LogP contribution in [0.5, 0.6) is 0 Å². The minimum absolute atomic E-state index is 0.242. The quantitative estimate of drug-likeness (QED) is 0.399. The van der Waals surface area contributed by atoms with Crippen molar-refractivity contribution in [3.05, 3.63) is 83.9 Å². The summed E-state index contributed by atoms with van der Waals surface area (Å²) in [4.78, 5) is 9.24. The fourth-order valence-electron chi connectivity index (χ4n) is 2.82. The van der Waals surface area contributed by atoms with Crippen LogP contribution in [0.2, 0.25) is 0 Å². The Morgan fingerprint density at radius 2 is 1.61 bits per heavy atom. The van der Waals surface area contributed by atoms with Gasteiger partial charge in [0, 0.05) is 22.2 Å². The van der Waals surface area contributed by atoms with Gasteiger partial charge in [0.25, 0.3) is 0 Å². The van der Waals surface area contributed by atoms with E-state index in [-0.39, 0.29) is 5.89 Å². The molecule has 0 unspecified atom stereocenters. The summed E-state index contributed by atoms with van der Waals surface area (Å²) in [6, 6.07) is 12.6. The molecule has 0 bridgehead atoms. The van der Waals surface area contributed by atoms with Crippen LogP contribution < -0.4 is 0 Å². The summed E-state index contributed by atoms with van der Waals surface area (Å²) in [5.41, 5.74) is 0.971. The summed E-state index contributed by atoms with van der Waals surface area (Å²) >= 11 is 1.07. The molecule has 0 spiro atoms. The van der Waals surface area contributed by atoms with Gasteiger partial charge < -0.3 is 9.52 Å². The number of hydrogen-bond donors (Lipinski definition) is 1. The molecule has 31 heavy (non-hydrogen) atoms.